The molecular formula is C20H22FNO4. The normalized spacial score (nSPS) is 11.2. The van der Waals surface area contributed by atoms with E-state index in [-0.39, 0.29) is 19.0 Å². The molecule has 0 saturated heterocycles. The maximum Gasteiger partial charge on any atom is 0.344 e. The second kappa shape index (κ2) is 9.56. The number of carbonyl (C=O) groups excluding carboxylic acids is 1. The Labute approximate surface area is 152 Å². The molecule has 5 nitrogen and oxygen atoms in total. The molecule has 2 aromatic carbocycles. The largest absolute Gasteiger partial charge is 0.482 e. The summed E-state index contributed by atoms with van der Waals surface area (Å²) in [4.78, 5) is 16.6. The summed E-state index contributed by atoms with van der Waals surface area (Å²) in [6.45, 7) is 5.67. The Balaban J connectivity index is 1.96. The van der Waals surface area contributed by atoms with Crippen molar-refractivity contribution in [2.24, 2.45) is 5.16 Å². The van der Waals surface area contributed by atoms with Gasteiger partial charge in [-0.15, -0.1) is 0 Å². The molecular weight excluding hydrogens is 337 g/mol. The fraction of sp³-hybridized carbons (Fsp3) is 0.300. The molecule has 6 heteroatoms. The quantitative estimate of drug-likeness (QED) is 0.406. The van der Waals surface area contributed by atoms with Crippen molar-refractivity contribution in [1.29, 1.82) is 0 Å². The number of oxime groups is 1. The molecule has 0 heterocycles. The summed E-state index contributed by atoms with van der Waals surface area (Å²) in [6, 6.07) is 11.9. The van der Waals surface area contributed by atoms with E-state index in [1.165, 1.54) is 6.07 Å². The van der Waals surface area contributed by atoms with Crippen LogP contribution in [0.3, 0.4) is 0 Å². The van der Waals surface area contributed by atoms with Gasteiger partial charge in [-0.3, -0.25) is 0 Å². The highest BCUT2D eigenvalue weighted by Crippen LogP contribution is 2.20. The molecule has 0 bridgehead atoms. The van der Waals surface area contributed by atoms with Crippen molar-refractivity contribution < 1.29 is 23.5 Å². The minimum atomic E-state index is -0.407. The Morgan fingerprint density at radius 3 is 2.65 bits per heavy atom. The van der Waals surface area contributed by atoms with Crippen LogP contribution in [-0.4, -0.2) is 24.9 Å². The lowest BCUT2D eigenvalue weighted by atomic mass is 10.1. The molecule has 0 aliphatic carbocycles. The monoisotopic (exact) mass is 359 g/mol. The van der Waals surface area contributed by atoms with Gasteiger partial charge in [0, 0.05) is 5.56 Å². The third-order valence-electron chi connectivity index (χ3n) is 3.62. The zero-order valence-corrected chi connectivity index (χ0v) is 15.1. The van der Waals surface area contributed by atoms with Crippen LogP contribution in [-0.2, 0) is 21.0 Å². The van der Waals surface area contributed by atoms with Crippen molar-refractivity contribution in [2.45, 2.75) is 27.4 Å². The van der Waals surface area contributed by atoms with E-state index in [0.717, 1.165) is 11.1 Å². The summed E-state index contributed by atoms with van der Waals surface area (Å²) in [5, 5.41) is 4.04. The number of benzene rings is 2. The molecule has 0 atom stereocenters. The summed E-state index contributed by atoms with van der Waals surface area (Å²) in [6.07, 6.45) is 0. The van der Waals surface area contributed by atoms with Gasteiger partial charge in [0.05, 0.1) is 12.3 Å². The van der Waals surface area contributed by atoms with Gasteiger partial charge in [-0.05, 0) is 56.2 Å². The van der Waals surface area contributed by atoms with E-state index in [9.17, 15) is 9.18 Å². The van der Waals surface area contributed by atoms with Gasteiger partial charge in [0.2, 0.25) is 0 Å². The van der Waals surface area contributed by atoms with Crippen LogP contribution in [0.1, 0.15) is 30.5 Å². The number of carbonyl (C=O) groups is 1. The molecule has 2 rings (SSSR count). The number of esters is 1. The lowest BCUT2D eigenvalue weighted by Gasteiger charge is -2.10. The first-order chi connectivity index (χ1) is 12.5. The molecule has 0 aliphatic rings. The van der Waals surface area contributed by atoms with Gasteiger partial charge < -0.3 is 14.3 Å². The summed E-state index contributed by atoms with van der Waals surface area (Å²) in [5.74, 6) is -0.128. The van der Waals surface area contributed by atoms with Crippen molar-refractivity contribution in [3.05, 3.63) is 65.0 Å². The van der Waals surface area contributed by atoms with Gasteiger partial charge in [-0.25, -0.2) is 9.18 Å². The van der Waals surface area contributed by atoms with Gasteiger partial charge in [-0.2, -0.15) is 0 Å². The SMILES string of the molecule is CCOC(=O)COc1ccc(/C(C)=N/OCc2ccccc2F)cc1C. The van der Waals surface area contributed by atoms with Crippen molar-refractivity contribution in [3.8, 4) is 5.75 Å². The van der Waals surface area contributed by atoms with E-state index in [1.54, 1.807) is 38.1 Å². The predicted octanol–water partition coefficient (Wildman–Crippen LogP) is 4.02. The number of nitrogens with zero attached hydrogens (tertiary/aromatic N) is 1. The lowest BCUT2D eigenvalue weighted by Crippen LogP contribution is -2.15. The lowest BCUT2D eigenvalue weighted by molar-refractivity contribution is -0.145. The Hall–Kier alpha value is -2.89. The standard InChI is InChI=1S/C20H22FNO4/c1-4-24-20(23)13-25-19-10-9-16(11-14(19)2)15(3)22-26-12-17-7-5-6-8-18(17)21/h5-11H,4,12-13H2,1-3H3/b22-15+. The van der Waals surface area contributed by atoms with Crippen LogP contribution in [0.25, 0.3) is 0 Å². The predicted molar refractivity (Wildman–Crippen MR) is 96.7 cm³/mol. The van der Waals surface area contributed by atoms with E-state index >= 15 is 0 Å². The molecule has 0 aliphatic heterocycles. The van der Waals surface area contributed by atoms with Gasteiger partial charge in [-0.1, -0.05) is 23.4 Å². The fourth-order valence-electron chi connectivity index (χ4n) is 2.24. The van der Waals surface area contributed by atoms with Crippen molar-refractivity contribution in [3.63, 3.8) is 0 Å². The van der Waals surface area contributed by atoms with E-state index in [2.05, 4.69) is 5.16 Å². The number of hydrogen-bond donors (Lipinski definition) is 0. The van der Waals surface area contributed by atoms with Crippen molar-refractivity contribution in [1.82, 2.24) is 0 Å². The van der Waals surface area contributed by atoms with E-state index in [1.807, 2.05) is 19.1 Å². The maximum atomic E-state index is 13.5. The van der Waals surface area contributed by atoms with E-state index in [4.69, 9.17) is 14.3 Å². The highest BCUT2D eigenvalue weighted by atomic mass is 19.1. The zero-order valence-electron chi connectivity index (χ0n) is 15.1. The average molecular weight is 359 g/mol. The third-order valence-corrected chi connectivity index (χ3v) is 3.62. The average Bonchev–Trinajstić information content (AvgIpc) is 2.62. The minimum absolute atomic E-state index is 0.0593. The molecule has 26 heavy (non-hydrogen) atoms. The van der Waals surface area contributed by atoms with Crippen LogP contribution in [0.4, 0.5) is 4.39 Å². The first-order valence-electron chi connectivity index (χ1n) is 8.30. The fourth-order valence-corrected chi connectivity index (χ4v) is 2.24. The van der Waals surface area contributed by atoms with Crippen LogP contribution in [0.15, 0.2) is 47.6 Å². The third kappa shape index (κ3) is 5.58. The highest BCUT2D eigenvalue weighted by Gasteiger charge is 2.08. The summed E-state index contributed by atoms with van der Waals surface area (Å²) in [5.41, 5.74) is 2.80. The number of hydrogen-bond acceptors (Lipinski definition) is 5. The maximum absolute atomic E-state index is 13.5. The molecule has 0 unspecified atom stereocenters. The van der Waals surface area contributed by atoms with Crippen LogP contribution >= 0.6 is 0 Å². The first-order valence-corrected chi connectivity index (χ1v) is 8.30. The van der Waals surface area contributed by atoms with Gasteiger partial charge >= 0.3 is 5.97 Å². The molecule has 2 aromatic rings. The topological polar surface area (TPSA) is 57.1 Å². The second-order valence-corrected chi connectivity index (χ2v) is 5.62. The van der Waals surface area contributed by atoms with Gasteiger partial charge in [0.25, 0.3) is 0 Å². The van der Waals surface area contributed by atoms with Gasteiger partial charge in [0.15, 0.2) is 6.61 Å². The Morgan fingerprint density at radius 2 is 1.96 bits per heavy atom. The van der Waals surface area contributed by atoms with Crippen LogP contribution < -0.4 is 4.74 Å². The number of aryl methyl sites for hydroxylation is 1. The zero-order chi connectivity index (χ0) is 18.9. The van der Waals surface area contributed by atoms with Crippen molar-refractivity contribution >= 4 is 11.7 Å². The summed E-state index contributed by atoms with van der Waals surface area (Å²) >= 11 is 0. The Morgan fingerprint density at radius 1 is 1.19 bits per heavy atom. The molecule has 0 amide bonds. The Kier molecular flexibility index (Phi) is 7.14. The smallest absolute Gasteiger partial charge is 0.344 e. The molecule has 0 saturated carbocycles. The summed E-state index contributed by atoms with van der Waals surface area (Å²) in [7, 11) is 0. The second-order valence-electron chi connectivity index (χ2n) is 5.62. The van der Waals surface area contributed by atoms with E-state index in [0.29, 0.717) is 23.6 Å². The van der Waals surface area contributed by atoms with E-state index < -0.39 is 5.97 Å². The molecule has 138 valence electrons. The molecule has 0 radical (unpaired) electrons. The molecule has 0 aromatic heterocycles. The minimum Gasteiger partial charge on any atom is -0.482 e. The highest BCUT2D eigenvalue weighted by molar-refractivity contribution is 5.98. The number of ether oxygens (including phenoxy) is 2. The molecule has 0 fully saturated rings. The molecule has 0 spiro atoms. The Bertz CT molecular complexity index is 789. The van der Waals surface area contributed by atoms with Crippen molar-refractivity contribution in [2.75, 3.05) is 13.2 Å². The first kappa shape index (κ1) is 19.4. The van der Waals surface area contributed by atoms with Crippen LogP contribution in [0.5, 0.6) is 5.75 Å². The van der Waals surface area contributed by atoms with Crippen LogP contribution in [0, 0.1) is 12.7 Å². The number of rotatable bonds is 8. The van der Waals surface area contributed by atoms with Crippen LogP contribution in [0.2, 0.25) is 0 Å². The summed E-state index contributed by atoms with van der Waals surface area (Å²) < 4.78 is 23.8. The molecule has 0 N–H and O–H groups in total. The van der Waals surface area contributed by atoms with Gasteiger partial charge in [0.1, 0.15) is 18.2 Å². The number of halogens is 1.